The molecule has 1 aromatic carbocycles. The van der Waals surface area contributed by atoms with Gasteiger partial charge in [-0.1, -0.05) is 19.1 Å². The Hall–Kier alpha value is -3.02. The number of methoxy groups -OCH3 is 1. The normalized spacial score (nSPS) is 13.5. The smallest absolute Gasteiger partial charge is 0.231 e. The Kier molecular flexibility index (Phi) is 4.94. The lowest BCUT2D eigenvalue weighted by molar-refractivity contribution is -0.119. The van der Waals surface area contributed by atoms with Crippen LogP contribution < -0.4 is 14.4 Å². The van der Waals surface area contributed by atoms with Crippen LogP contribution in [0.3, 0.4) is 0 Å². The van der Waals surface area contributed by atoms with Crippen molar-refractivity contribution in [1.29, 1.82) is 0 Å². The average molecular weight is 379 g/mol. The fraction of sp³-hybridized carbons (Fsp3) is 0.364. The van der Waals surface area contributed by atoms with Gasteiger partial charge in [0.05, 0.1) is 12.8 Å². The summed E-state index contributed by atoms with van der Waals surface area (Å²) >= 11 is 0. The molecule has 6 heteroatoms. The number of pyridine rings is 1. The quantitative estimate of drug-likeness (QED) is 0.626. The van der Waals surface area contributed by atoms with Gasteiger partial charge in [0, 0.05) is 19.2 Å². The van der Waals surface area contributed by atoms with Crippen LogP contribution >= 0.6 is 0 Å². The first-order valence-corrected chi connectivity index (χ1v) is 9.65. The minimum absolute atomic E-state index is 0.162. The fourth-order valence-electron chi connectivity index (χ4n) is 3.37. The number of nitrogens with zero attached hydrogens (tertiary/aromatic N) is 3. The molecular formula is C22H25N3O3. The van der Waals surface area contributed by atoms with Gasteiger partial charge in [-0.25, -0.2) is 4.98 Å². The fourth-order valence-corrected chi connectivity index (χ4v) is 3.37. The van der Waals surface area contributed by atoms with Crippen LogP contribution in [0.2, 0.25) is 0 Å². The molecule has 0 N–H and O–H groups in total. The summed E-state index contributed by atoms with van der Waals surface area (Å²) in [6.07, 6.45) is 4.65. The minimum Gasteiger partial charge on any atom is -0.497 e. The molecule has 0 spiro atoms. The molecule has 2 heterocycles. The molecule has 0 radical (unpaired) electrons. The first-order valence-electron chi connectivity index (χ1n) is 9.65. The van der Waals surface area contributed by atoms with Crippen molar-refractivity contribution in [2.45, 2.75) is 32.8 Å². The second kappa shape index (κ2) is 7.54. The van der Waals surface area contributed by atoms with E-state index in [-0.39, 0.29) is 11.8 Å². The Morgan fingerprint density at radius 2 is 2.00 bits per heavy atom. The van der Waals surface area contributed by atoms with Crippen LogP contribution in [0, 0.1) is 5.92 Å². The number of hydrogen-bond donors (Lipinski definition) is 0. The molecule has 0 atom stereocenters. The Morgan fingerprint density at radius 1 is 1.25 bits per heavy atom. The van der Waals surface area contributed by atoms with Crippen LogP contribution in [0.4, 0.5) is 5.82 Å². The summed E-state index contributed by atoms with van der Waals surface area (Å²) in [5.41, 5.74) is 2.68. The van der Waals surface area contributed by atoms with Crippen LogP contribution in [-0.4, -0.2) is 29.4 Å². The number of fused-ring (bicyclic) bond motifs is 1. The van der Waals surface area contributed by atoms with Crippen LogP contribution in [0.25, 0.3) is 5.65 Å². The largest absolute Gasteiger partial charge is 0.497 e. The first kappa shape index (κ1) is 18.3. The van der Waals surface area contributed by atoms with E-state index in [0.717, 1.165) is 47.7 Å². The van der Waals surface area contributed by atoms with Gasteiger partial charge in [-0.2, -0.15) is 0 Å². The number of amides is 1. The standard InChI is InChI=1S/C22H25N3O3/c1-4-18-21(24(2)22(26)16-9-10-16)25-13-5-6-19(20(25)23-18)28-14-15-7-11-17(27-3)12-8-15/h5-8,11-13,16H,4,9-10,14H2,1-3H3. The summed E-state index contributed by atoms with van der Waals surface area (Å²) in [5, 5.41) is 0. The maximum absolute atomic E-state index is 12.6. The van der Waals surface area contributed by atoms with Crippen molar-refractivity contribution in [2.75, 3.05) is 19.1 Å². The minimum atomic E-state index is 0.162. The highest BCUT2D eigenvalue weighted by Crippen LogP contribution is 2.34. The highest BCUT2D eigenvalue weighted by atomic mass is 16.5. The van der Waals surface area contributed by atoms with Crippen LogP contribution in [0.5, 0.6) is 11.5 Å². The van der Waals surface area contributed by atoms with Gasteiger partial charge in [0.15, 0.2) is 11.4 Å². The van der Waals surface area contributed by atoms with Gasteiger partial charge in [-0.05, 0) is 49.1 Å². The summed E-state index contributed by atoms with van der Waals surface area (Å²) < 4.78 is 13.2. The van der Waals surface area contributed by atoms with Gasteiger partial charge in [0.2, 0.25) is 5.91 Å². The topological polar surface area (TPSA) is 56.1 Å². The van der Waals surface area contributed by atoms with E-state index in [2.05, 4.69) is 6.92 Å². The average Bonchev–Trinajstić information content (AvgIpc) is 3.51. The third-order valence-corrected chi connectivity index (χ3v) is 5.12. The second-order valence-electron chi connectivity index (χ2n) is 7.11. The molecule has 1 aliphatic carbocycles. The van der Waals surface area contributed by atoms with Gasteiger partial charge in [0.25, 0.3) is 0 Å². The van der Waals surface area contributed by atoms with E-state index in [4.69, 9.17) is 14.5 Å². The van der Waals surface area contributed by atoms with Gasteiger partial charge >= 0.3 is 0 Å². The molecule has 28 heavy (non-hydrogen) atoms. The number of aromatic nitrogens is 2. The predicted molar refractivity (Wildman–Crippen MR) is 108 cm³/mol. The molecule has 6 nitrogen and oxygen atoms in total. The van der Waals surface area contributed by atoms with Gasteiger partial charge < -0.3 is 9.47 Å². The predicted octanol–water partition coefficient (Wildman–Crippen LogP) is 3.86. The Labute approximate surface area is 164 Å². The van der Waals surface area contributed by atoms with E-state index < -0.39 is 0 Å². The van der Waals surface area contributed by atoms with Crippen LogP contribution in [0.1, 0.15) is 31.0 Å². The van der Waals surface area contributed by atoms with Crippen molar-refractivity contribution >= 4 is 17.4 Å². The second-order valence-corrected chi connectivity index (χ2v) is 7.11. The molecule has 0 saturated heterocycles. The van der Waals surface area contributed by atoms with Crippen molar-refractivity contribution in [1.82, 2.24) is 9.38 Å². The van der Waals surface area contributed by atoms with Crippen molar-refractivity contribution < 1.29 is 14.3 Å². The molecule has 2 aromatic heterocycles. The lowest BCUT2D eigenvalue weighted by Gasteiger charge is -2.18. The Morgan fingerprint density at radius 3 is 2.64 bits per heavy atom. The number of ether oxygens (including phenoxy) is 2. The highest BCUT2D eigenvalue weighted by Gasteiger charge is 2.34. The van der Waals surface area contributed by atoms with Crippen molar-refractivity contribution in [2.24, 2.45) is 5.92 Å². The molecule has 1 aliphatic rings. The number of imidazole rings is 1. The SMILES string of the molecule is CCc1nc2c(OCc3ccc(OC)cc3)cccn2c1N(C)C(=O)C1CC1. The van der Waals surface area contributed by atoms with E-state index in [0.29, 0.717) is 12.4 Å². The lowest BCUT2D eigenvalue weighted by Crippen LogP contribution is -2.29. The van der Waals surface area contributed by atoms with Gasteiger partial charge in [-0.15, -0.1) is 0 Å². The van der Waals surface area contributed by atoms with E-state index in [9.17, 15) is 4.79 Å². The number of benzene rings is 1. The Balaban J connectivity index is 1.63. The van der Waals surface area contributed by atoms with E-state index in [1.54, 1.807) is 12.0 Å². The van der Waals surface area contributed by atoms with Gasteiger partial charge in [-0.3, -0.25) is 14.1 Å². The van der Waals surface area contributed by atoms with Crippen molar-refractivity contribution in [3.63, 3.8) is 0 Å². The molecule has 0 aliphatic heterocycles. The summed E-state index contributed by atoms with van der Waals surface area (Å²) in [6, 6.07) is 11.6. The molecule has 1 saturated carbocycles. The monoisotopic (exact) mass is 379 g/mol. The molecule has 1 fully saturated rings. The number of anilines is 1. The molecule has 0 bridgehead atoms. The maximum Gasteiger partial charge on any atom is 0.231 e. The number of carbonyl (C=O) groups excluding carboxylic acids is 1. The van der Waals surface area contributed by atoms with E-state index >= 15 is 0 Å². The highest BCUT2D eigenvalue weighted by molar-refractivity contribution is 5.96. The molecule has 1 amide bonds. The molecule has 3 aromatic rings. The van der Waals surface area contributed by atoms with Gasteiger partial charge in [0.1, 0.15) is 18.2 Å². The third kappa shape index (κ3) is 3.42. The molecule has 0 unspecified atom stereocenters. The lowest BCUT2D eigenvalue weighted by atomic mass is 10.2. The molecular weight excluding hydrogens is 354 g/mol. The number of hydrogen-bond acceptors (Lipinski definition) is 4. The van der Waals surface area contributed by atoms with E-state index in [1.165, 1.54) is 0 Å². The van der Waals surface area contributed by atoms with Crippen LogP contribution in [-0.2, 0) is 17.8 Å². The molecule has 146 valence electrons. The molecule has 4 rings (SSSR count). The zero-order chi connectivity index (χ0) is 19.7. The van der Waals surface area contributed by atoms with Crippen molar-refractivity contribution in [3.05, 3.63) is 53.9 Å². The number of aryl methyl sites for hydroxylation is 1. The third-order valence-electron chi connectivity index (χ3n) is 5.12. The first-order chi connectivity index (χ1) is 13.6. The Bertz CT molecular complexity index is 990. The summed E-state index contributed by atoms with van der Waals surface area (Å²) in [6.45, 7) is 2.49. The summed E-state index contributed by atoms with van der Waals surface area (Å²) in [7, 11) is 3.49. The number of carbonyl (C=O) groups is 1. The summed E-state index contributed by atoms with van der Waals surface area (Å²) in [5.74, 6) is 2.69. The number of rotatable bonds is 7. The van der Waals surface area contributed by atoms with Crippen LogP contribution in [0.15, 0.2) is 42.6 Å². The van der Waals surface area contributed by atoms with E-state index in [1.807, 2.05) is 54.0 Å². The maximum atomic E-state index is 12.6. The zero-order valence-electron chi connectivity index (χ0n) is 16.5. The summed E-state index contributed by atoms with van der Waals surface area (Å²) in [4.78, 5) is 19.1. The zero-order valence-corrected chi connectivity index (χ0v) is 16.5. The van der Waals surface area contributed by atoms with Crippen molar-refractivity contribution in [3.8, 4) is 11.5 Å².